The summed E-state index contributed by atoms with van der Waals surface area (Å²) in [5.41, 5.74) is 3.57. The molecule has 0 saturated heterocycles. The van der Waals surface area contributed by atoms with Crippen LogP contribution in [0, 0.1) is 25.2 Å². The lowest BCUT2D eigenvalue weighted by Crippen LogP contribution is -2.17. The number of nitrogens with one attached hydrogen (secondary N) is 1. The molecular formula is C12H15N3. The van der Waals surface area contributed by atoms with Gasteiger partial charge in [-0.25, -0.2) is 0 Å². The summed E-state index contributed by atoms with van der Waals surface area (Å²) in [7, 11) is 0. The van der Waals surface area contributed by atoms with Gasteiger partial charge in [0.15, 0.2) is 0 Å². The maximum atomic E-state index is 9.08. The predicted octanol–water partition coefficient (Wildman–Crippen LogP) is 2.53. The molecule has 0 unspecified atom stereocenters. The predicted molar refractivity (Wildman–Crippen MR) is 59.7 cm³/mol. The Kier molecular flexibility index (Phi) is 2.15. The van der Waals surface area contributed by atoms with Gasteiger partial charge < -0.3 is 5.32 Å². The van der Waals surface area contributed by atoms with Crippen LogP contribution in [0.1, 0.15) is 36.7 Å². The van der Waals surface area contributed by atoms with Crippen molar-refractivity contribution in [2.75, 3.05) is 5.32 Å². The average molecular weight is 201 g/mol. The van der Waals surface area contributed by atoms with E-state index >= 15 is 0 Å². The van der Waals surface area contributed by atoms with Crippen LogP contribution in [0.2, 0.25) is 0 Å². The molecule has 2 rings (SSSR count). The first-order valence-corrected chi connectivity index (χ1v) is 5.21. The summed E-state index contributed by atoms with van der Waals surface area (Å²) in [5.74, 6) is 0. The molecule has 1 fully saturated rings. The van der Waals surface area contributed by atoms with Crippen molar-refractivity contribution in [3.05, 3.63) is 23.0 Å². The molecule has 1 aromatic rings. The van der Waals surface area contributed by atoms with Crippen molar-refractivity contribution in [1.82, 2.24) is 4.98 Å². The number of aryl methyl sites for hydroxylation is 2. The standard InChI is InChI=1S/C12H15N3/c1-8-6-11(15-12(3)4-5-12)10(7-13)9(2)14-8/h6H,4-5H2,1-3H3,(H,14,15). The lowest BCUT2D eigenvalue weighted by Gasteiger charge is -2.15. The number of anilines is 1. The normalized spacial score (nSPS) is 16.9. The lowest BCUT2D eigenvalue weighted by molar-refractivity contribution is 0.826. The smallest absolute Gasteiger partial charge is 0.103 e. The molecular weight excluding hydrogens is 186 g/mol. The third-order valence-electron chi connectivity index (χ3n) is 2.88. The molecule has 3 nitrogen and oxygen atoms in total. The van der Waals surface area contributed by atoms with E-state index in [1.807, 2.05) is 19.9 Å². The lowest BCUT2D eigenvalue weighted by atomic mass is 10.1. The van der Waals surface area contributed by atoms with Gasteiger partial charge in [0.25, 0.3) is 0 Å². The maximum absolute atomic E-state index is 9.08. The molecule has 0 amide bonds. The largest absolute Gasteiger partial charge is 0.379 e. The van der Waals surface area contributed by atoms with E-state index in [2.05, 4.69) is 23.3 Å². The first-order chi connectivity index (χ1) is 7.04. The summed E-state index contributed by atoms with van der Waals surface area (Å²) in [6.07, 6.45) is 2.36. The molecule has 0 atom stereocenters. The van der Waals surface area contributed by atoms with Gasteiger partial charge in [-0.05, 0) is 39.7 Å². The summed E-state index contributed by atoms with van der Waals surface area (Å²) in [4.78, 5) is 4.29. The Labute approximate surface area is 90.1 Å². The molecule has 15 heavy (non-hydrogen) atoms. The zero-order valence-corrected chi connectivity index (χ0v) is 9.39. The first-order valence-electron chi connectivity index (χ1n) is 5.21. The van der Waals surface area contributed by atoms with Gasteiger partial charge in [0.2, 0.25) is 0 Å². The second kappa shape index (κ2) is 3.23. The highest BCUT2D eigenvalue weighted by molar-refractivity contribution is 5.61. The van der Waals surface area contributed by atoms with E-state index < -0.39 is 0 Å². The van der Waals surface area contributed by atoms with E-state index in [4.69, 9.17) is 5.26 Å². The number of nitriles is 1. The summed E-state index contributed by atoms with van der Waals surface area (Å²) >= 11 is 0. The van der Waals surface area contributed by atoms with Crippen molar-refractivity contribution in [1.29, 1.82) is 5.26 Å². The molecule has 78 valence electrons. The van der Waals surface area contributed by atoms with Crippen LogP contribution in [0.15, 0.2) is 6.07 Å². The molecule has 0 spiro atoms. The van der Waals surface area contributed by atoms with E-state index in [0.717, 1.165) is 17.1 Å². The van der Waals surface area contributed by atoms with Crippen LogP contribution in [0.3, 0.4) is 0 Å². The molecule has 3 heteroatoms. The van der Waals surface area contributed by atoms with Crippen molar-refractivity contribution >= 4 is 5.69 Å². The van der Waals surface area contributed by atoms with Gasteiger partial charge in [-0.1, -0.05) is 0 Å². The third kappa shape index (κ3) is 1.94. The molecule has 0 aliphatic heterocycles. The number of hydrogen-bond donors (Lipinski definition) is 1. The van der Waals surface area contributed by atoms with Crippen LogP contribution in [-0.4, -0.2) is 10.5 Å². The number of pyridine rings is 1. The minimum atomic E-state index is 0.200. The van der Waals surface area contributed by atoms with Gasteiger partial charge in [0.05, 0.1) is 16.9 Å². The quantitative estimate of drug-likeness (QED) is 0.799. The van der Waals surface area contributed by atoms with E-state index in [1.54, 1.807) is 0 Å². The molecule has 0 radical (unpaired) electrons. The fourth-order valence-corrected chi connectivity index (χ4v) is 1.71. The molecule has 1 aliphatic carbocycles. The first kappa shape index (κ1) is 9.97. The Bertz CT molecular complexity index is 439. The Balaban J connectivity index is 2.40. The number of hydrogen-bond acceptors (Lipinski definition) is 3. The van der Waals surface area contributed by atoms with Crippen molar-refractivity contribution in [3.63, 3.8) is 0 Å². The second-order valence-corrected chi connectivity index (χ2v) is 4.57. The minimum absolute atomic E-state index is 0.200. The van der Waals surface area contributed by atoms with Gasteiger partial charge in [-0.15, -0.1) is 0 Å². The van der Waals surface area contributed by atoms with Crippen molar-refractivity contribution < 1.29 is 0 Å². The topological polar surface area (TPSA) is 48.7 Å². The highest BCUT2D eigenvalue weighted by Crippen LogP contribution is 2.39. The summed E-state index contributed by atoms with van der Waals surface area (Å²) in [6.45, 7) is 6.01. The van der Waals surface area contributed by atoms with Crippen LogP contribution in [-0.2, 0) is 0 Å². The van der Waals surface area contributed by atoms with E-state index in [9.17, 15) is 0 Å². The minimum Gasteiger partial charge on any atom is -0.379 e. The van der Waals surface area contributed by atoms with Crippen LogP contribution in [0.25, 0.3) is 0 Å². The number of rotatable bonds is 2. The van der Waals surface area contributed by atoms with Gasteiger partial charge in [0, 0.05) is 11.2 Å². The number of aromatic nitrogens is 1. The van der Waals surface area contributed by atoms with Gasteiger partial charge in [0.1, 0.15) is 6.07 Å². The van der Waals surface area contributed by atoms with Gasteiger partial charge >= 0.3 is 0 Å². The van der Waals surface area contributed by atoms with Gasteiger partial charge in [-0.3, -0.25) is 4.98 Å². The Morgan fingerprint density at radius 2 is 2.13 bits per heavy atom. The maximum Gasteiger partial charge on any atom is 0.103 e. The van der Waals surface area contributed by atoms with E-state index in [0.29, 0.717) is 5.56 Å². The summed E-state index contributed by atoms with van der Waals surface area (Å²) < 4.78 is 0. The average Bonchev–Trinajstić information content (AvgIpc) is 2.82. The SMILES string of the molecule is Cc1cc(NC2(C)CC2)c(C#N)c(C)n1. The Morgan fingerprint density at radius 3 is 2.67 bits per heavy atom. The monoisotopic (exact) mass is 201 g/mol. The molecule has 0 aromatic carbocycles. The zero-order chi connectivity index (χ0) is 11.1. The van der Waals surface area contributed by atoms with Crippen molar-refractivity contribution in [2.45, 2.75) is 39.2 Å². The summed E-state index contributed by atoms with van der Waals surface area (Å²) in [5, 5.41) is 12.5. The molecule has 1 N–H and O–H groups in total. The third-order valence-corrected chi connectivity index (χ3v) is 2.88. The zero-order valence-electron chi connectivity index (χ0n) is 9.39. The molecule has 1 saturated carbocycles. The van der Waals surface area contributed by atoms with E-state index in [1.165, 1.54) is 12.8 Å². The Hall–Kier alpha value is -1.56. The van der Waals surface area contributed by atoms with Crippen molar-refractivity contribution in [2.24, 2.45) is 0 Å². The van der Waals surface area contributed by atoms with E-state index in [-0.39, 0.29) is 5.54 Å². The second-order valence-electron chi connectivity index (χ2n) is 4.57. The summed E-state index contributed by atoms with van der Waals surface area (Å²) in [6, 6.07) is 4.17. The Morgan fingerprint density at radius 1 is 1.47 bits per heavy atom. The number of nitrogens with zero attached hydrogens (tertiary/aromatic N) is 2. The fourth-order valence-electron chi connectivity index (χ4n) is 1.71. The van der Waals surface area contributed by atoms with Crippen molar-refractivity contribution in [3.8, 4) is 6.07 Å². The van der Waals surface area contributed by atoms with Crippen LogP contribution < -0.4 is 5.32 Å². The molecule has 0 bridgehead atoms. The molecule has 1 aliphatic rings. The van der Waals surface area contributed by atoms with Gasteiger partial charge in [-0.2, -0.15) is 5.26 Å². The van der Waals surface area contributed by atoms with Crippen LogP contribution in [0.4, 0.5) is 5.69 Å². The fraction of sp³-hybridized carbons (Fsp3) is 0.500. The highest BCUT2D eigenvalue weighted by atomic mass is 15.0. The molecule has 1 aromatic heterocycles. The van der Waals surface area contributed by atoms with Crippen LogP contribution in [0.5, 0.6) is 0 Å². The molecule has 1 heterocycles. The van der Waals surface area contributed by atoms with Crippen LogP contribution >= 0.6 is 0 Å². The highest BCUT2D eigenvalue weighted by Gasteiger charge is 2.37.